The van der Waals surface area contributed by atoms with E-state index in [1.54, 1.807) is 4.68 Å². The summed E-state index contributed by atoms with van der Waals surface area (Å²) in [4.78, 5) is 11.9. The van der Waals surface area contributed by atoms with E-state index < -0.39 is 11.7 Å². The van der Waals surface area contributed by atoms with Gasteiger partial charge in [-0.15, -0.1) is 5.10 Å². The molecule has 0 bridgehead atoms. The molecule has 0 spiro atoms. The monoisotopic (exact) mass is 359 g/mol. The number of carbonyl (C=O) groups is 1. The second-order valence-electron chi connectivity index (χ2n) is 5.45. The predicted octanol–water partition coefficient (Wildman–Crippen LogP) is 3.08. The minimum absolute atomic E-state index is 0.0551. The van der Waals surface area contributed by atoms with Crippen molar-refractivity contribution in [2.75, 3.05) is 11.1 Å². The number of nitrogens with one attached hydrogen (secondary N) is 1. The number of thioether (sulfide) groups is 1. The molecule has 1 amide bonds. The van der Waals surface area contributed by atoms with Gasteiger partial charge in [-0.25, -0.2) is 4.68 Å². The van der Waals surface area contributed by atoms with Crippen molar-refractivity contribution in [1.82, 2.24) is 20.2 Å². The SMILES string of the molecule is CC(C)Cn1nnnc1SCC(=O)Nc1ccc(C(F)(F)F)cc1. The molecular formula is C14H16F3N5OS. The fourth-order valence-electron chi connectivity index (χ4n) is 1.83. The summed E-state index contributed by atoms with van der Waals surface area (Å²) < 4.78 is 39.0. The Morgan fingerprint density at radius 3 is 2.54 bits per heavy atom. The maximum absolute atomic E-state index is 12.5. The maximum Gasteiger partial charge on any atom is 0.416 e. The molecule has 1 heterocycles. The lowest BCUT2D eigenvalue weighted by atomic mass is 10.2. The molecule has 0 radical (unpaired) electrons. The van der Waals surface area contributed by atoms with Crippen LogP contribution in [0.1, 0.15) is 19.4 Å². The van der Waals surface area contributed by atoms with E-state index in [9.17, 15) is 18.0 Å². The van der Waals surface area contributed by atoms with Gasteiger partial charge in [0.25, 0.3) is 0 Å². The highest BCUT2D eigenvalue weighted by atomic mass is 32.2. The average Bonchev–Trinajstić information content (AvgIpc) is 2.91. The second kappa shape index (κ2) is 7.65. The summed E-state index contributed by atoms with van der Waals surface area (Å²) in [6, 6.07) is 4.28. The molecule has 130 valence electrons. The largest absolute Gasteiger partial charge is 0.416 e. The Kier molecular flexibility index (Phi) is 5.81. The number of carbonyl (C=O) groups excluding carboxylic acids is 1. The highest BCUT2D eigenvalue weighted by Crippen LogP contribution is 2.29. The van der Waals surface area contributed by atoms with E-state index in [0.29, 0.717) is 23.3 Å². The van der Waals surface area contributed by atoms with E-state index in [2.05, 4.69) is 20.8 Å². The zero-order valence-electron chi connectivity index (χ0n) is 13.0. The number of rotatable bonds is 6. The summed E-state index contributed by atoms with van der Waals surface area (Å²) in [5.41, 5.74) is -0.460. The number of tetrazole rings is 1. The van der Waals surface area contributed by atoms with Gasteiger partial charge in [0.1, 0.15) is 0 Å². The molecule has 0 fully saturated rings. The van der Waals surface area contributed by atoms with Gasteiger partial charge in [-0.2, -0.15) is 13.2 Å². The third-order valence-corrected chi connectivity index (χ3v) is 3.82. The third-order valence-electron chi connectivity index (χ3n) is 2.87. The van der Waals surface area contributed by atoms with Gasteiger partial charge in [-0.3, -0.25) is 4.79 Å². The minimum Gasteiger partial charge on any atom is -0.325 e. The van der Waals surface area contributed by atoms with E-state index >= 15 is 0 Å². The van der Waals surface area contributed by atoms with Crippen molar-refractivity contribution in [1.29, 1.82) is 0 Å². The van der Waals surface area contributed by atoms with Gasteiger partial charge in [0.2, 0.25) is 11.1 Å². The smallest absolute Gasteiger partial charge is 0.325 e. The number of anilines is 1. The molecule has 10 heteroatoms. The first-order chi connectivity index (χ1) is 11.3. The number of aromatic nitrogens is 4. The molecule has 0 unspecified atom stereocenters. The van der Waals surface area contributed by atoms with Crippen molar-refractivity contribution in [2.45, 2.75) is 31.7 Å². The molecule has 2 rings (SSSR count). The topological polar surface area (TPSA) is 72.7 Å². The highest BCUT2D eigenvalue weighted by molar-refractivity contribution is 7.99. The van der Waals surface area contributed by atoms with Gasteiger partial charge in [0.05, 0.1) is 11.3 Å². The van der Waals surface area contributed by atoms with Crippen molar-refractivity contribution in [3.63, 3.8) is 0 Å². The number of amides is 1. The lowest BCUT2D eigenvalue weighted by molar-refractivity contribution is -0.137. The van der Waals surface area contributed by atoms with E-state index in [1.165, 1.54) is 23.9 Å². The Balaban J connectivity index is 1.89. The summed E-state index contributed by atoms with van der Waals surface area (Å²) in [7, 11) is 0. The van der Waals surface area contributed by atoms with Crippen LogP contribution in [0.2, 0.25) is 0 Å². The Morgan fingerprint density at radius 1 is 1.29 bits per heavy atom. The van der Waals surface area contributed by atoms with Crippen LogP contribution < -0.4 is 5.32 Å². The van der Waals surface area contributed by atoms with Crippen LogP contribution in [0.5, 0.6) is 0 Å². The molecule has 0 aliphatic carbocycles. The van der Waals surface area contributed by atoms with Crippen LogP contribution in [0.3, 0.4) is 0 Å². The third kappa shape index (κ3) is 5.22. The zero-order valence-corrected chi connectivity index (χ0v) is 13.9. The van der Waals surface area contributed by atoms with Crippen molar-refractivity contribution in [3.8, 4) is 0 Å². The van der Waals surface area contributed by atoms with Crippen LogP contribution in [-0.2, 0) is 17.5 Å². The summed E-state index contributed by atoms with van der Waals surface area (Å²) in [6.45, 7) is 4.68. The van der Waals surface area contributed by atoms with Crippen LogP contribution in [-0.4, -0.2) is 31.9 Å². The van der Waals surface area contributed by atoms with E-state index in [-0.39, 0.29) is 11.7 Å². The Hall–Kier alpha value is -2.10. The molecule has 2 aromatic rings. The molecule has 0 saturated carbocycles. The van der Waals surface area contributed by atoms with Gasteiger partial charge >= 0.3 is 6.18 Å². The number of halogens is 3. The lowest BCUT2D eigenvalue weighted by Gasteiger charge is -2.09. The maximum atomic E-state index is 12.5. The molecule has 0 aliphatic rings. The Morgan fingerprint density at radius 2 is 1.96 bits per heavy atom. The van der Waals surface area contributed by atoms with E-state index in [4.69, 9.17) is 0 Å². The van der Waals surface area contributed by atoms with Crippen molar-refractivity contribution in [2.24, 2.45) is 5.92 Å². The lowest BCUT2D eigenvalue weighted by Crippen LogP contribution is -2.15. The predicted molar refractivity (Wildman–Crippen MR) is 83.5 cm³/mol. The molecule has 0 aliphatic heterocycles. The van der Waals surface area contributed by atoms with Gasteiger partial charge in [-0.05, 0) is 40.6 Å². The molecule has 6 nitrogen and oxygen atoms in total. The molecule has 0 saturated heterocycles. The quantitative estimate of drug-likeness (QED) is 0.803. The van der Waals surface area contributed by atoms with Crippen molar-refractivity contribution >= 4 is 23.4 Å². The second-order valence-corrected chi connectivity index (χ2v) is 6.39. The highest BCUT2D eigenvalue weighted by Gasteiger charge is 2.29. The van der Waals surface area contributed by atoms with Crippen LogP contribution in [0, 0.1) is 5.92 Å². The first kappa shape index (κ1) is 18.2. The number of hydrogen-bond acceptors (Lipinski definition) is 5. The van der Waals surface area contributed by atoms with Crippen LogP contribution in [0.4, 0.5) is 18.9 Å². The van der Waals surface area contributed by atoms with Gasteiger partial charge in [-0.1, -0.05) is 25.6 Å². The summed E-state index contributed by atoms with van der Waals surface area (Å²) in [5.74, 6) is 0.0622. The van der Waals surface area contributed by atoms with E-state index in [1.807, 2.05) is 13.8 Å². The summed E-state index contributed by atoms with van der Waals surface area (Å²) in [5, 5.41) is 14.3. The number of alkyl halides is 3. The summed E-state index contributed by atoms with van der Waals surface area (Å²) >= 11 is 1.17. The first-order valence-electron chi connectivity index (χ1n) is 7.12. The van der Waals surface area contributed by atoms with Gasteiger partial charge < -0.3 is 5.32 Å². The zero-order chi connectivity index (χ0) is 17.7. The number of benzene rings is 1. The molecule has 1 aromatic heterocycles. The fourth-order valence-corrected chi connectivity index (χ4v) is 2.52. The molecule has 1 N–H and O–H groups in total. The summed E-state index contributed by atoms with van der Waals surface area (Å²) in [6.07, 6.45) is -4.40. The average molecular weight is 359 g/mol. The van der Waals surface area contributed by atoms with Crippen molar-refractivity contribution < 1.29 is 18.0 Å². The molecule has 24 heavy (non-hydrogen) atoms. The fraction of sp³-hybridized carbons (Fsp3) is 0.429. The standard InChI is InChI=1S/C14H16F3N5OS/c1-9(2)7-22-13(19-20-21-22)24-8-12(23)18-11-5-3-10(4-6-11)14(15,16)17/h3-6,9H,7-8H2,1-2H3,(H,18,23). The van der Waals surface area contributed by atoms with Gasteiger partial charge in [0, 0.05) is 12.2 Å². The molecule has 0 atom stereocenters. The first-order valence-corrected chi connectivity index (χ1v) is 8.10. The van der Waals surface area contributed by atoms with Gasteiger partial charge in [0.15, 0.2) is 0 Å². The van der Waals surface area contributed by atoms with E-state index in [0.717, 1.165) is 12.1 Å². The number of nitrogens with zero attached hydrogens (tertiary/aromatic N) is 4. The molecule has 1 aromatic carbocycles. The Bertz CT molecular complexity index is 684. The van der Waals surface area contributed by atoms with Crippen molar-refractivity contribution in [3.05, 3.63) is 29.8 Å². The van der Waals surface area contributed by atoms with Crippen LogP contribution in [0.25, 0.3) is 0 Å². The van der Waals surface area contributed by atoms with Crippen LogP contribution in [0.15, 0.2) is 29.4 Å². The number of hydrogen-bond donors (Lipinski definition) is 1. The Labute approximate surface area is 140 Å². The normalized spacial score (nSPS) is 11.8. The molecular weight excluding hydrogens is 343 g/mol. The van der Waals surface area contributed by atoms with Crippen LogP contribution >= 0.6 is 11.8 Å². The minimum atomic E-state index is -4.40.